The molecule has 0 bridgehead atoms. The van der Waals surface area contributed by atoms with Gasteiger partial charge < -0.3 is 5.32 Å². The maximum atomic E-state index is 3.58. The zero-order chi connectivity index (χ0) is 12.4. The van der Waals surface area contributed by atoms with Gasteiger partial charge in [-0.25, -0.2) is 0 Å². The van der Waals surface area contributed by atoms with Gasteiger partial charge in [0.2, 0.25) is 0 Å². The summed E-state index contributed by atoms with van der Waals surface area (Å²) in [7, 11) is 0. The van der Waals surface area contributed by atoms with Crippen molar-refractivity contribution in [3.8, 4) is 11.1 Å². The van der Waals surface area contributed by atoms with E-state index in [1.165, 1.54) is 35.1 Å². The van der Waals surface area contributed by atoms with E-state index >= 15 is 0 Å². The van der Waals surface area contributed by atoms with Crippen LogP contribution in [0.3, 0.4) is 0 Å². The number of nitrogens with one attached hydrogen (secondary N) is 1. The molecule has 92 valence electrons. The molecule has 1 aliphatic carbocycles. The van der Waals surface area contributed by atoms with E-state index < -0.39 is 0 Å². The SMILES string of the molecule is CCNC1CCc2ccc(-c3ccccc3)cc21. The highest BCUT2D eigenvalue weighted by atomic mass is 14.9. The van der Waals surface area contributed by atoms with Crippen molar-refractivity contribution in [1.29, 1.82) is 0 Å². The van der Waals surface area contributed by atoms with Gasteiger partial charge in [-0.2, -0.15) is 0 Å². The Kier molecular flexibility index (Phi) is 3.16. The molecule has 0 heterocycles. The Labute approximate surface area is 109 Å². The van der Waals surface area contributed by atoms with E-state index in [0.717, 1.165) is 6.54 Å². The third-order valence-corrected chi connectivity index (χ3v) is 3.78. The summed E-state index contributed by atoms with van der Waals surface area (Å²) in [5.74, 6) is 0. The third-order valence-electron chi connectivity index (χ3n) is 3.78. The van der Waals surface area contributed by atoms with Crippen molar-refractivity contribution in [3.63, 3.8) is 0 Å². The Morgan fingerprint density at radius 3 is 2.67 bits per heavy atom. The number of fused-ring (bicyclic) bond motifs is 1. The molecule has 3 rings (SSSR count). The maximum Gasteiger partial charge on any atom is 0.0326 e. The van der Waals surface area contributed by atoms with E-state index in [-0.39, 0.29) is 0 Å². The molecule has 1 nitrogen and oxygen atoms in total. The molecule has 1 atom stereocenters. The predicted octanol–water partition coefficient (Wildman–Crippen LogP) is 3.95. The number of benzene rings is 2. The Morgan fingerprint density at radius 2 is 1.89 bits per heavy atom. The second kappa shape index (κ2) is 4.95. The molecular formula is C17H19N. The Hall–Kier alpha value is -1.60. The van der Waals surface area contributed by atoms with Gasteiger partial charge in [0.15, 0.2) is 0 Å². The van der Waals surface area contributed by atoms with Crippen molar-refractivity contribution in [2.45, 2.75) is 25.8 Å². The minimum absolute atomic E-state index is 0.550. The number of hydrogen-bond acceptors (Lipinski definition) is 1. The quantitative estimate of drug-likeness (QED) is 0.852. The van der Waals surface area contributed by atoms with Crippen LogP contribution < -0.4 is 5.32 Å². The fraction of sp³-hybridized carbons (Fsp3) is 0.294. The van der Waals surface area contributed by atoms with Crippen molar-refractivity contribution in [1.82, 2.24) is 5.32 Å². The Balaban J connectivity index is 1.98. The Bertz CT molecular complexity index is 529. The van der Waals surface area contributed by atoms with Gasteiger partial charge in [-0.3, -0.25) is 0 Å². The van der Waals surface area contributed by atoms with Crippen molar-refractivity contribution >= 4 is 0 Å². The van der Waals surface area contributed by atoms with Gasteiger partial charge in [-0.05, 0) is 47.7 Å². The summed E-state index contributed by atoms with van der Waals surface area (Å²) in [5, 5.41) is 3.58. The van der Waals surface area contributed by atoms with E-state index in [2.05, 4.69) is 60.8 Å². The van der Waals surface area contributed by atoms with Crippen LogP contribution in [0.5, 0.6) is 0 Å². The van der Waals surface area contributed by atoms with Crippen LogP contribution in [0.2, 0.25) is 0 Å². The van der Waals surface area contributed by atoms with Gasteiger partial charge in [0, 0.05) is 6.04 Å². The molecule has 0 spiro atoms. The van der Waals surface area contributed by atoms with Crippen molar-refractivity contribution in [2.75, 3.05) is 6.54 Å². The predicted molar refractivity (Wildman–Crippen MR) is 76.6 cm³/mol. The molecule has 2 aromatic carbocycles. The van der Waals surface area contributed by atoms with Gasteiger partial charge in [0.1, 0.15) is 0 Å². The molecule has 0 radical (unpaired) electrons. The van der Waals surface area contributed by atoms with Gasteiger partial charge >= 0.3 is 0 Å². The first-order chi connectivity index (χ1) is 8.88. The van der Waals surface area contributed by atoms with Crippen LogP contribution in [0.1, 0.15) is 30.5 Å². The lowest BCUT2D eigenvalue weighted by Gasteiger charge is -2.13. The normalized spacial score (nSPS) is 17.7. The summed E-state index contributed by atoms with van der Waals surface area (Å²) in [5.41, 5.74) is 5.65. The summed E-state index contributed by atoms with van der Waals surface area (Å²) >= 11 is 0. The van der Waals surface area contributed by atoms with Crippen LogP contribution in [0.15, 0.2) is 48.5 Å². The van der Waals surface area contributed by atoms with Crippen LogP contribution >= 0.6 is 0 Å². The highest BCUT2D eigenvalue weighted by Crippen LogP contribution is 2.34. The van der Waals surface area contributed by atoms with E-state index in [0.29, 0.717) is 6.04 Å². The first-order valence-electron chi connectivity index (χ1n) is 6.80. The van der Waals surface area contributed by atoms with Gasteiger partial charge in [-0.1, -0.05) is 49.4 Å². The summed E-state index contributed by atoms with van der Waals surface area (Å²) in [6, 6.07) is 18.1. The molecule has 0 saturated carbocycles. The fourth-order valence-electron chi connectivity index (χ4n) is 2.87. The monoisotopic (exact) mass is 237 g/mol. The topological polar surface area (TPSA) is 12.0 Å². The molecule has 0 aliphatic heterocycles. The molecule has 1 N–H and O–H groups in total. The molecule has 0 amide bonds. The molecule has 1 aliphatic rings. The molecule has 0 saturated heterocycles. The van der Waals surface area contributed by atoms with E-state index in [9.17, 15) is 0 Å². The van der Waals surface area contributed by atoms with Crippen LogP contribution in [-0.4, -0.2) is 6.54 Å². The second-order valence-electron chi connectivity index (χ2n) is 4.93. The maximum absolute atomic E-state index is 3.58. The highest BCUT2D eigenvalue weighted by Gasteiger charge is 2.21. The largest absolute Gasteiger partial charge is 0.310 e. The summed E-state index contributed by atoms with van der Waals surface area (Å²) in [6.07, 6.45) is 2.45. The Morgan fingerprint density at radius 1 is 1.06 bits per heavy atom. The summed E-state index contributed by atoms with van der Waals surface area (Å²) < 4.78 is 0. The van der Waals surface area contributed by atoms with Crippen molar-refractivity contribution in [3.05, 3.63) is 59.7 Å². The summed E-state index contributed by atoms with van der Waals surface area (Å²) in [4.78, 5) is 0. The summed E-state index contributed by atoms with van der Waals surface area (Å²) in [6.45, 7) is 3.22. The minimum Gasteiger partial charge on any atom is -0.310 e. The van der Waals surface area contributed by atoms with E-state index in [4.69, 9.17) is 0 Å². The smallest absolute Gasteiger partial charge is 0.0326 e. The van der Waals surface area contributed by atoms with Crippen molar-refractivity contribution < 1.29 is 0 Å². The first-order valence-corrected chi connectivity index (χ1v) is 6.80. The second-order valence-corrected chi connectivity index (χ2v) is 4.93. The fourth-order valence-corrected chi connectivity index (χ4v) is 2.87. The zero-order valence-electron chi connectivity index (χ0n) is 10.8. The van der Waals surface area contributed by atoms with Crippen LogP contribution in [0, 0.1) is 0 Å². The number of hydrogen-bond donors (Lipinski definition) is 1. The molecule has 18 heavy (non-hydrogen) atoms. The molecule has 1 heteroatoms. The van der Waals surface area contributed by atoms with Crippen LogP contribution in [0.25, 0.3) is 11.1 Å². The van der Waals surface area contributed by atoms with Gasteiger partial charge in [0.05, 0.1) is 0 Å². The lowest BCUT2D eigenvalue weighted by molar-refractivity contribution is 0.549. The highest BCUT2D eigenvalue weighted by molar-refractivity contribution is 5.65. The molecule has 1 unspecified atom stereocenters. The van der Waals surface area contributed by atoms with E-state index in [1.54, 1.807) is 0 Å². The number of aryl methyl sites for hydroxylation is 1. The lowest BCUT2D eigenvalue weighted by Crippen LogP contribution is -2.18. The lowest BCUT2D eigenvalue weighted by atomic mass is 9.99. The molecule has 0 aromatic heterocycles. The first kappa shape index (κ1) is 11.5. The average molecular weight is 237 g/mol. The molecule has 0 fully saturated rings. The third kappa shape index (κ3) is 2.06. The van der Waals surface area contributed by atoms with Gasteiger partial charge in [-0.15, -0.1) is 0 Å². The molecular weight excluding hydrogens is 218 g/mol. The van der Waals surface area contributed by atoms with Gasteiger partial charge in [0.25, 0.3) is 0 Å². The minimum atomic E-state index is 0.550. The van der Waals surface area contributed by atoms with Crippen molar-refractivity contribution in [2.24, 2.45) is 0 Å². The zero-order valence-corrected chi connectivity index (χ0v) is 10.8. The average Bonchev–Trinajstić information content (AvgIpc) is 2.83. The number of rotatable bonds is 3. The molecule has 2 aromatic rings. The van der Waals surface area contributed by atoms with Crippen LogP contribution in [0.4, 0.5) is 0 Å². The van der Waals surface area contributed by atoms with E-state index in [1.807, 2.05) is 0 Å². The van der Waals surface area contributed by atoms with Crippen LogP contribution in [-0.2, 0) is 6.42 Å². The standard InChI is InChI=1S/C17H19N/c1-2-18-17-11-10-14-8-9-15(12-16(14)17)13-6-4-3-5-7-13/h3-9,12,17-18H,2,10-11H2,1H3.